The predicted octanol–water partition coefficient (Wildman–Crippen LogP) is 0.571. The van der Waals surface area contributed by atoms with E-state index in [0.29, 0.717) is 5.69 Å². The Morgan fingerprint density at radius 3 is 2.56 bits per heavy atom. The molecule has 0 atom stereocenters. The fourth-order valence-electron chi connectivity index (χ4n) is 0.492. The standard InChI is InChI=1S/C6H7NO.Cu/c8-5-6-3-1-2-4-7-6;/h1-4,8H,5H2;. The van der Waals surface area contributed by atoms with Gasteiger partial charge in [-0.05, 0) is 12.1 Å². The molecular weight excluding hydrogens is 166 g/mol. The summed E-state index contributed by atoms with van der Waals surface area (Å²) in [5.41, 5.74) is 0.715. The number of nitrogens with zero attached hydrogens (tertiary/aromatic N) is 1. The van der Waals surface area contributed by atoms with Gasteiger partial charge < -0.3 is 5.11 Å². The van der Waals surface area contributed by atoms with Crippen molar-refractivity contribution < 1.29 is 22.2 Å². The largest absolute Gasteiger partial charge is 0.390 e. The Hall–Kier alpha value is -0.371. The summed E-state index contributed by atoms with van der Waals surface area (Å²) in [6.45, 7) is 0.0286. The van der Waals surface area contributed by atoms with Gasteiger partial charge in [-0.2, -0.15) is 0 Å². The van der Waals surface area contributed by atoms with Crippen molar-refractivity contribution in [2.24, 2.45) is 0 Å². The van der Waals surface area contributed by atoms with Crippen molar-refractivity contribution in [2.45, 2.75) is 6.61 Å². The molecule has 1 rings (SSSR count). The van der Waals surface area contributed by atoms with Gasteiger partial charge in [0.2, 0.25) is 0 Å². The second kappa shape index (κ2) is 4.50. The van der Waals surface area contributed by atoms with Crippen LogP contribution < -0.4 is 0 Å². The molecule has 0 aromatic carbocycles. The van der Waals surface area contributed by atoms with Crippen molar-refractivity contribution in [2.75, 3.05) is 0 Å². The van der Waals surface area contributed by atoms with Crippen LogP contribution in [-0.4, -0.2) is 10.1 Å². The average Bonchev–Trinajstić information content (AvgIpc) is 1.90. The summed E-state index contributed by atoms with van der Waals surface area (Å²) in [4.78, 5) is 3.85. The minimum atomic E-state index is 0. The maximum Gasteiger partial charge on any atom is 0.0852 e. The minimum Gasteiger partial charge on any atom is -0.390 e. The van der Waals surface area contributed by atoms with Crippen molar-refractivity contribution in [3.8, 4) is 0 Å². The second-order valence-electron chi connectivity index (χ2n) is 1.48. The van der Waals surface area contributed by atoms with Gasteiger partial charge in [0.25, 0.3) is 0 Å². The minimum absolute atomic E-state index is 0. The summed E-state index contributed by atoms with van der Waals surface area (Å²) in [6, 6.07) is 5.44. The third-order valence-corrected chi connectivity index (χ3v) is 0.888. The molecule has 0 unspecified atom stereocenters. The molecule has 0 fully saturated rings. The number of hydrogen-bond acceptors (Lipinski definition) is 2. The molecule has 0 aliphatic heterocycles. The van der Waals surface area contributed by atoms with Crippen molar-refractivity contribution in [1.82, 2.24) is 4.98 Å². The summed E-state index contributed by atoms with van der Waals surface area (Å²) in [7, 11) is 0. The monoisotopic (exact) mass is 172 g/mol. The van der Waals surface area contributed by atoms with Crippen LogP contribution in [0.5, 0.6) is 0 Å². The molecule has 0 aliphatic rings. The van der Waals surface area contributed by atoms with Gasteiger partial charge in [-0.25, -0.2) is 0 Å². The Kier molecular flexibility index (Phi) is 4.32. The van der Waals surface area contributed by atoms with E-state index in [-0.39, 0.29) is 23.7 Å². The van der Waals surface area contributed by atoms with Gasteiger partial charge >= 0.3 is 0 Å². The number of aliphatic hydroxyl groups excluding tert-OH is 1. The molecule has 0 saturated carbocycles. The Bertz CT molecular complexity index is 154. The van der Waals surface area contributed by atoms with Crippen molar-refractivity contribution in [1.29, 1.82) is 0 Å². The van der Waals surface area contributed by atoms with E-state index in [1.54, 1.807) is 12.3 Å². The number of pyridine rings is 1. The SMILES string of the molecule is OCc1ccccn1.[Cu]. The second-order valence-corrected chi connectivity index (χ2v) is 1.48. The van der Waals surface area contributed by atoms with E-state index in [0.717, 1.165) is 0 Å². The van der Waals surface area contributed by atoms with Crippen LogP contribution in [0.15, 0.2) is 24.4 Å². The maximum absolute atomic E-state index is 8.48. The third-order valence-electron chi connectivity index (χ3n) is 0.888. The summed E-state index contributed by atoms with van der Waals surface area (Å²) >= 11 is 0. The van der Waals surface area contributed by atoms with Gasteiger partial charge in [0, 0.05) is 23.3 Å². The van der Waals surface area contributed by atoms with Gasteiger partial charge in [0.1, 0.15) is 0 Å². The first-order valence-corrected chi connectivity index (χ1v) is 2.44. The molecule has 0 spiro atoms. The van der Waals surface area contributed by atoms with Gasteiger partial charge in [-0.15, -0.1) is 0 Å². The van der Waals surface area contributed by atoms with Crippen LogP contribution in [0.25, 0.3) is 0 Å². The van der Waals surface area contributed by atoms with Crippen LogP contribution in [0.4, 0.5) is 0 Å². The topological polar surface area (TPSA) is 33.1 Å². The predicted molar refractivity (Wildman–Crippen MR) is 30.2 cm³/mol. The molecule has 2 nitrogen and oxygen atoms in total. The quantitative estimate of drug-likeness (QED) is 0.629. The van der Waals surface area contributed by atoms with Crippen LogP contribution in [0, 0.1) is 0 Å². The van der Waals surface area contributed by atoms with E-state index in [2.05, 4.69) is 4.98 Å². The fourth-order valence-corrected chi connectivity index (χ4v) is 0.492. The molecule has 9 heavy (non-hydrogen) atoms. The van der Waals surface area contributed by atoms with Crippen LogP contribution in [0.1, 0.15) is 5.69 Å². The van der Waals surface area contributed by atoms with Crippen molar-refractivity contribution in [3.63, 3.8) is 0 Å². The van der Waals surface area contributed by atoms with Gasteiger partial charge in [-0.3, -0.25) is 4.98 Å². The number of aliphatic hydroxyl groups is 1. The van der Waals surface area contributed by atoms with E-state index in [1.807, 2.05) is 12.1 Å². The molecule has 1 aromatic rings. The zero-order chi connectivity index (χ0) is 5.82. The van der Waals surface area contributed by atoms with E-state index < -0.39 is 0 Å². The molecule has 0 aliphatic carbocycles. The van der Waals surface area contributed by atoms with E-state index in [4.69, 9.17) is 5.11 Å². The first-order valence-electron chi connectivity index (χ1n) is 2.44. The number of hydrogen-bond donors (Lipinski definition) is 1. The van der Waals surface area contributed by atoms with Crippen LogP contribution in [-0.2, 0) is 23.7 Å². The third kappa shape index (κ3) is 2.61. The average molecular weight is 173 g/mol. The molecule has 3 heteroatoms. The van der Waals surface area contributed by atoms with Crippen molar-refractivity contribution >= 4 is 0 Å². The Morgan fingerprint density at radius 1 is 1.44 bits per heavy atom. The summed E-state index contributed by atoms with van der Waals surface area (Å²) in [6.07, 6.45) is 1.66. The summed E-state index contributed by atoms with van der Waals surface area (Å²) < 4.78 is 0. The van der Waals surface area contributed by atoms with E-state index in [9.17, 15) is 0 Å². The summed E-state index contributed by atoms with van der Waals surface area (Å²) in [5.74, 6) is 0. The molecule has 0 saturated heterocycles. The zero-order valence-corrected chi connectivity index (χ0v) is 5.65. The normalized spacial score (nSPS) is 8.11. The molecule has 1 heterocycles. The van der Waals surface area contributed by atoms with Gasteiger partial charge in [0.15, 0.2) is 0 Å². The van der Waals surface area contributed by atoms with Crippen molar-refractivity contribution in [3.05, 3.63) is 30.1 Å². The Morgan fingerprint density at radius 2 is 2.22 bits per heavy atom. The fraction of sp³-hybridized carbons (Fsp3) is 0.167. The molecule has 0 amide bonds. The first kappa shape index (κ1) is 8.63. The molecule has 53 valence electrons. The van der Waals surface area contributed by atoms with Gasteiger partial charge in [0.05, 0.1) is 12.3 Å². The molecule has 1 aromatic heterocycles. The molecule has 1 radical (unpaired) electrons. The zero-order valence-electron chi connectivity index (χ0n) is 4.71. The maximum atomic E-state index is 8.48. The first-order chi connectivity index (χ1) is 3.93. The van der Waals surface area contributed by atoms with Crippen LogP contribution in [0.3, 0.4) is 0 Å². The van der Waals surface area contributed by atoms with Gasteiger partial charge in [-0.1, -0.05) is 6.07 Å². The van der Waals surface area contributed by atoms with E-state index >= 15 is 0 Å². The summed E-state index contributed by atoms with van der Waals surface area (Å²) in [5, 5.41) is 8.48. The van der Waals surface area contributed by atoms with Crippen LogP contribution >= 0.6 is 0 Å². The molecule has 0 bridgehead atoms. The smallest absolute Gasteiger partial charge is 0.0852 e. The molecular formula is C6H7CuNO. The number of rotatable bonds is 1. The Balaban J connectivity index is 0.000000640. The van der Waals surface area contributed by atoms with E-state index in [1.165, 1.54) is 0 Å². The molecule has 1 N–H and O–H groups in total. The Labute approximate surface area is 64.4 Å². The number of aromatic nitrogens is 1. The van der Waals surface area contributed by atoms with Crippen LogP contribution in [0.2, 0.25) is 0 Å².